The second-order valence-electron chi connectivity index (χ2n) is 22.3. The van der Waals surface area contributed by atoms with Gasteiger partial charge >= 0.3 is 0 Å². The van der Waals surface area contributed by atoms with Crippen LogP contribution in [-0.4, -0.2) is 6.04 Å². The third kappa shape index (κ3) is 13.4. The molecule has 3 aliphatic carbocycles. The molecule has 0 radical (unpaired) electrons. The summed E-state index contributed by atoms with van der Waals surface area (Å²) in [5.74, 6) is 0. The highest BCUT2D eigenvalue weighted by atomic mass is 14.9. The van der Waals surface area contributed by atoms with Crippen molar-refractivity contribution in [2.45, 2.75) is 78.7 Å². The summed E-state index contributed by atoms with van der Waals surface area (Å²) in [4.78, 5) is 0. The van der Waals surface area contributed by atoms with E-state index in [0.717, 1.165) is 29.2 Å². The molecular formula is C82H79N3. The number of hydrogen-bond donors (Lipinski definition) is 3. The predicted molar refractivity (Wildman–Crippen MR) is 368 cm³/mol. The molecule has 0 saturated carbocycles. The van der Waals surface area contributed by atoms with Crippen molar-refractivity contribution in [3.63, 3.8) is 0 Å². The molecule has 3 nitrogen and oxygen atoms in total. The summed E-state index contributed by atoms with van der Waals surface area (Å²) < 4.78 is 0. The fraction of sp³-hybridized carbons (Fsp3) is 0.146. The lowest BCUT2D eigenvalue weighted by atomic mass is 9.80. The first-order chi connectivity index (χ1) is 41.6. The van der Waals surface area contributed by atoms with Crippen molar-refractivity contribution in [1.82, 2.24) is 0 Å². The molecule has 0 aliphatic heterocycles. The van der Waals surface area contributed by atoms with Gasteiger partial charge in [-0.2, -0.15) is 0 Å². The molecule has 422 valence electrons. The van der Waals surface area contributed by atoms with Crippen LogP contribution in [0.5, 0.6) is 0 Å². The zero-order valence-corrected chi connectivity index (χ0v) is 50.6. The van der Waals surface area contributed by atoms with E-state index in [1.807, 2.05) is 52.0 Å². The molecule has 0 bridgehead atoms. The van der Waals surface area contributed by atoms with Crippen molar-refractivity contribution in [2.75, 3.05) is 16.0 Å². The van der Waals surface area contributed by atoms with Crippen LogP contribution in [-0.2, 0) is 10.8 Å². The maximum atomic E-state index is 3.82. The van der Waals surface area contributed by atoms with E-state index >= 15 is 0 Å². The van der Waals surface area contributed by atoms with Crippen molar-refractivity contribution in [3.8, 4) is 55.6 Å². The molecule has 3 heteroatoms. The van der Waals surface area contributed by atoms with Crippen LogP contribution in [0.2, 0.25) is 0 Å². The molecule has 3 aliphatic rings. The third-order valence-corrected chi connectivity index (χ3v) is 16.3. The Hall–Kier alpha value is -9.70. The van der Waals surface area contributed by atoms with Crippen LogP contribution in [0.15, 0.2) is 303 Å². The minimum atomic E-state index is 0.0378. The first-order valence-electron chi connectivity index (χ1n) is 30.3. The maximum absolute atomic E-state index is 3.82. The second-order valence-corrected chi connectivity index (χ2v) is 22.3. The van der Waals surface area contributed by atoms with Gasteiger partial charge in [0.25, 0.3) is 0 Å². The highest BCUT2D eigenvalue weighted by molar-refractivity contribution is 5.91. The number of fused-ring (bicyclic) bond motifs is 6. The lowest BCUT2D eigenvalue weighted by Crippen LogP contribution is -2.22. The summed E-state index contributed by atoms with van der Waals surface area (Å²) in [6.07, 6.45) is 5.94. The normalized spacial score (nSPS) is 14.0. The number of nitrogens with one attached hydrogen (secondary N) is 3. The van der Waals surface area contributed by atoms with E-state index in [4.69, 9.17) is 0 Å². The van der Waals surface area contributed by atoms with Crippen LogP contribution in [0.4, 0.5) is 28.4 Å². The Balaban J connectivity index is 0.000000139. The van der Waals surface area contributed by atoms with Gasteiger partial charge in [-0.05, 0) is 156 Å². The average Bonchev–Trinajstić information content (AvgIpc) is 1.93. The van der Waals surface area contributed by atoms with Crippen LogP contribution in [0.25, 0.3) is 61.2 Å². The number of anilines is 5. The Labute approximate surface area is 506 Å². The van der Waals surface area contributed by atoms with Crippen LogP contribution >= 0.6 is 0 Å². The largest absolute Gasteiger partial charge is 0.378 e. The average molecular weight is 1110 g/mol. The smallest absolute Gasteiger partial charge is 0.0488 e. The van der Waals surface area contributed by atoms with Crippen molar-refractivity contribution in [3.05, 3.63) is 325 Å². The van der Waals surface area contributed by atoms with Crippen LogP contribution in [0.1, 0.15) is 84.1 Å². The Kier molecular flexibility index (Phi) is 18.7. The summed E-state index contributed by atoms with van der Waals surface area (Å²) in [6.45, 7) is 17.4. The van der Waals surface area contributed by atoms with Crippen molar-refractivity contribution < 1.29 is 0 Å². The molecule has 1 unspecified atom stereocenters. The Morgan fingerprint density at radius 1 is 0.294 bits per heavy atom. The zero-order chi connectivity index (χ0) is 59.2. The summed E-state index contributed by atoms with van der Waals surface area (Å²) in [6, 6.07) is 101. The van der Waals surface area contributed by atoms with Gasteiger partial charge in [-0.1, -0.05) is 292 Å². The molecule has 11 aromatic rings. The van der Waals surface area contributed by atoms with Gasteiger partial charge in [0.1, 0.15) is 0 Å². The van der Waals surface area contributed by atoms with Gasteiger partial charge in [0, 0.05) is 45.3 Å². The Morgan fingerprint density at radius 2 is 0.600 bits per heavy atom. The number of hydrogen-bond acceptors (Lipinski definition) is 3. The van der Waals surface area contributed by atoms with Crippen LogP contribution in [0.3, 0.4) is 0 Å². The van der Waals surface area contributed by atoms with E-state index in [9.17, 15) is 0 Å². The molecule has 3 N–H and O–H groups in total. The fourth-order valence-electron chi connectivity index (χ4n) is 11.9. The first-order valence-corrected chi connectivity index (χ1v) is 30.3. The van der Waals surface area contributed by atoms with Gasteiger partial charge < -0.3 is 16.0 Å². The van der Waals surface area contributed by atoms with E-state index < -0.39 is 0 Å². The van der Waals surface area contributed by atoms with Crippen molar-refractivity contribution >= 4 is 34.0 Å². The van der Waals surface area contributed by atoms with E-state index in [-0.39, 0.29) is 10.8 Å². The zero-order valence-electron chi connectivity index (χ0n) is 50.6. The molecule has 0 fully saturated rings. The summed E-state index contributed by atoms with van der Waals surface area (Å²) in [5.41, 5.74) is 26.9. The minimum Gasteiger partial charge on any atom is -0.378 e. The first kappa shape index (κ1) is 58.5. The molecule has 1 atom stereocenters. The molecular weight excluding hydrogens is 1030 g/mol. The van der Waals surface area contributed by atoms with Crippen LogP contribution < -0.4 is 16.0 Å². The topological polar surface area (TPSA) is 36.1 Å². The standard InChI is InChI=1S/C30H29N.2C24H19N.2C2H6/c1-29(2)26-12-8-6-10-22(26)24-17-19(14-16-27(24)29)31-20-13-15-23-21-9-5-7-11-25(21)30(3,4)28(23)18-20;2*1-3-7-19(8-4-1)21-11-15-23(16-12-21)25-24-17-13-22(14-18-24)20-9-5-2-6-10-20;2*1-2/h5-13,15-19,31H,14H2,1-4H3;2*1-18,25H;2*1-2H3. The highest BCUT2D eigenvalue weighted by Gasteiger charge is 2.40. The summed E-state index contributed by atoms with van der Waals surface area (Å²) in [5, 5.41) is 10.7. The van der Waals surface area contributed by atoms with Crippen molar-refractivity contribution in [2.24, 2.45) is 0 Å². The third-order valence-electron chi connectivity index (χ3n) is 16.3. The Bertz CT molecular complexity index is 3650. The Morgan fingerprint density at radius 3 is 0.988 bits per heavy atom. The molecule has 0 spiro atoms. The number of allylic oxidation sites excluding steroid dienone is 2. The number of benzene rings is 11. The van der Waals surface area contributed by atoms with Gasteiger partial charge in [-0.25, -0.2) is 0 Å². The minimum absolute atomic E-state index is 0.0378. The molecule has 85 heavy (non-hydrogen) atoms. The summed E-state index contributed by atoms with van der Waals surface area (Å²) in [7, 11) is 0. The van der Waals surface area contributed by atoms with E-state index in [1.54, 1.807) is 0 Å². The van der Waals surface area contributed by atoms with Crippen LogP contribution in [0, 0.1) is 0 Å². The van der Waals surface area contributed by atoms with Gasteiger partial charge in [0.15, 0.2) is 0 Å². The quantitative estimate of drug-likeness (QED) is 0.128. The molecule has 0 amide bonds. The fourth-order valence-corrected chi connectivity index (χ4v) is 11.9. The van der Waals surface area contributed by atoms with E-state index in [1.165, 1.54) is 94.7 Å². The van der Waals surface area contributed by atoms with Crippen molar-refractivity contribution in [1.29, 1.82) is 0 Å². The molecule has 0 heterocycles. The second kappa shape index (κ2) is 27.1. The van der Waals surface area contributed by atoms with Gasteiger partial charge in [0.05, 0.1) is 0 Å². The van der Waals surface area contributed by atoms with Gasteiger partial charge in [0.2, 0.25) is 0 Å². The molecule has 11 aromatic carbocycles. The van der Waals surface area contributed by atoms with E-state index in [2.05, 4.69) is 317 Å². The van der Waals surface area contributed by atoms with E-state index in [0.29, 0.717) is 6.04 Å². The van der Waals surface area contributed by atoms with Gasteiger partial charge in [-0.3, -0.25) is 0 Å². The molecule has 14 rings (SSSR count). The lowest BCUT2D eigenvalue weighted by molar-refractivity contribution is 0.651. The monoisotopic (exact) mass is 1110 g/mol. The predicted octanol–water partition coefficient (Wildman–Crippen LogP) is 23.1. The SMILES string of the molecule is CC.CC.CC1(C)C2=CCC(Nc3ccc4c(c3)C(C)(C)c3ccccc3-4)C=C2c2ccccc21.c1ccc(-c2ccc(Nc3ccc(-c4ccccc4)cc3)cc2)cc1.c1ccc(-c2ccc(Nc3ccc(-c4ccccc4)cc3)cc2)cc1. The summed E-state index contributed by atoms with van der Waals surface area (Å²) >= 11 is 0. The van der Waals surface area contributed by atoms with Gasteiger partial charge in [-0.15, -0.1) is 0 Å². The highest BCUT2D eigenvalue weighted by Crippen LogP contribution is 2.52. The molecule has 0 saturated heterocycles. The number of rotatable bonds is 10. The lowest BCUT2D eigenvalue weighted by Gasteiger charge is -2.27. The maximum Gasteiger partial charge on any atom is 0.0488 e. The molecule has 0 aromatic heterocycles.